The summed E-state index contributed by atoms with van der Waals surface area (Å²) >= 11 is 0. The van der Waals surface area contributed by atoms with E-state index < -0.39 is 0 Å². The van der Waals surface area contributed by atoms with Crippen molar-refractivity contribution in [3.8, 4) is 22.9 Å². The fraction of sp³-hybridized carbons (Fsp3) is 0.300. The van der Waals surface area contributed by atoms with Crippen LogP contribution in [-0.4, -0.2) is 59.2 Å². The number of nitrogens with zero attached hydrogens (tertiary/aromatic N) is 6. The summed E-state index contributed by atoms with van der Waals surface area (Å²) in [6.07, 6.45) is 2.76. The van der Waals surface area contributed by atoms with E-state index in [1.807, 2.05) is 65.2 Å². The summed E-state index contributed by atoms with van der Waals surface area (Å²) in [5.74, 6) is 3.91. The maximum absolute atomic E-state index is 13.3. The lowest BCUT2D eigenvalue weighted by atomic mass is 10.1. The second-order valence-corrected chi connectivity index (χ2v) is 10.3. The normalized spacial score (nSPS) is 15.8. The molecule has 0 unspecified atom stereocenters. The Hall–Kier alpha value is -4.73. The zero-order chi connectivity index (χ0) is 27.4. The lowest BCUT2D eigenvalue weighted by Crippen LogP contribution is -2.31. The molecule has 0 saturated carbocycles. The quantitative estimate of drug-likeness (QED) is 0.350. The Morgan fingerprint density at radius 2 is 1.73 bits per heavy atom. The van der Waals surface area contributed by atoms with Crippen LogP contribution >= 0.6 is 0 Å². The molecule has 0 radical (unpaired) electrons. The number of fused-ring (bicyclic) bond motifs is 2. The number of benzene rings is 2. The number of methoxy groups -OCH3 is 1. The van der Waals surface area contributed by atoms with Crippen molar-refractivity contribution >= 4 is 23.4 Å². The zero-order valence-electron chi connectivity index (χ0n) is 22.8. The topological polar surface area (TPSA) is 85.2 Å². The SMILES string of the molecule is COc1ccc(CN2CCN(c3ccn(-c4cc(C)nc5c4CCN5c4cc5c(cc4C)OCO5)n3)C2=O)cc1. The minimum absolute atomic E-state index is 0.0401. The minimum Gasteiger partial charge on any atom is -0.497 e. The molecule has 3 aliphatic heterocycles. The summed E-state index contributed by atoms with van der Waals surface area (Å²) in [5, 5.41) is 4.85. The first kappa shape index (κ1) is 24.3. The largest absolute Gasteiger partial charge is 0.497 e. The van der Waals surface area contributed by atoms with Gasteiger partial charge in [0.2, 0.25) is 6.79 Å². The lowest BCUT2D eigenvalue weighted by Gasteiger charge is -2.22. The fourth-order valence-corrected chi connectivity index (χ4v) is 5.71. The Kier molecular flexibility index (Phi) is 5.76. The zero-order valence-corrected chi connectivity index (χ0v) is 22.8. The van der Waals surface area contributed by atoms with Crippen LogP contribution in [0.25, 0.3) is 5.69 Å². The number of hydrogen-bond acceptors (Lipinski definition) is 7. The first-order chi connectivity index (χ1) is 19.5. The van der Waals surface area contributed by atoms with E-state index in [0.717, 1.165) is 69.8 Å². The molecule has 2 aromatic carbocycles. The highest BCUT2D eigenvalue weighted by molar-refractivity contribution is 5.93. The number of carbonyl (C=O) groups is 1. The van der Waals surface area contributed by atoms with Crippen molar-refractivity contribution in [1.82, 2.24) is 19.7 Å². The Morgan fingerprint density at radius 3 is 2.52 bits per heavy atom. The van der Waals surface area contributed by atoms with Gasteiger partial charge in [0.25, 0.3) is 0 Å². The first-order valence-corrected chi connectivity index (χ1v) is 13.4. The summed E-state index contributed by atoms with van der Waals surface area (Å²) in [6, 6.07) is 15.8. The Bertz CT molecular complexity index is 1620. The maximum atomic E-state index is 13.3. The third-order valence-electron chi connectivity index (χ3n) is 7.76. The molecule has 3 aliphatic rings. The molecule has 4 aromatic rings. The lowest BCUT2D eigenvalue weighted by molar-refractivity contribution is 0.174. The molecule has 10 heteroatoms. The van der Waals surface area contributed by atoms with Gasteiger partial charge in [-0.3, -0.25) is 4.90 Å². The summed E-state index contributed by atoms with van der Waals surface area (Å²) in [4.78, 5) is 24.0. The number of carbonyl (C=O) groups excluding carboxylic acids is 1. The van der Waals surface area contributed by atoms with Crippen molar-refractivity contribution in [3.05, 3.63) is 77.1 Å². The number of hydrogen-bond donors (Lipinski definition) is 0. The molecule has 204 valence electrons. The van der Waals surface area contributed by atoms with Gasteiger partial charge in [-0.25, -0.2) is 14.5 Å². The van der Waals surface area contributed by atoms with Crippen LogP contribution in [0, 0.1) is 13.8 Å². The van der Waals surface area contributed by atoms with E-state index in [2.05, 4.69) is 17.9 Å². The number of amides is 2. The monoisotopic (exact) mass is 538 g/mol. The molecule has 0 atom stereocenters. The fourth-order valence-electron chi connectivity index (χ4n) is 5.71. The predicted octanol–water partition coefficient (Wildman–Crippen LogP) is 4.76. The second-order valence-electron chi connectivity index (χ2n) is 10.3. The van der Waals surface area contributed by atoms with Crippen LogP contribution < -0.4 is 24.0 Å². The second kappa shape index (κ2) is 9.48. The van der Waals surface area contributed by atoms with Crippen molar-refractivity contribution < 1.29 is 19.0 Å². The van der Waals surface area contributed by atoms with E-state index in [1.165, 1.54) is 0 Å². The first-order valence-electron chi connectivity index (χ1n) is 13.4. The van der Waals surface area contributed by atoms with E-state index in [-0.39, 0.29) is 12.8 Å². The van der Waals surface area contributed by atoms with Crippen molar-refractivity contribution in [1.29, 1.82) is 0 Å². The van der Waals surface area contributed by atoms with Crippen LogP contribution in [0.1, 0.15) is 22.4 Å². The number of aryl methyl sites for hydroxylation is 2. The highest BCUT2D eigenvalue weighted by Gasteiger charge is 2.32. The van der Waals surface area contributed by atoms with Crippen molar-refractivity contribution in [2.75, 3.05) is 43.3 Å². The van der Waals surface area contributed by atoms with Gasteiger partial charge in [-0.1, -0.05) is 12.1 Å². The summed E-state index contributed by atoms with van der Waals surface area (Å²) < 4.78 is 18.3. The van der Waals surface area contributed by atoms with Crippen LogP contribution in [0.15, 0.2) is 54.7 Å². The smallest absolute Gasteiger partial charge is 0.326 e. The summed E-state index contributed by atoms with van der Waals surface area (Å²) in [5.41, 5.74) is 6.25. The Morgan fingerprint density at radius 1 is 0.925 bits per heavy atom. The molecule has 10 nitrogen and oxygen atoms in total. The van der Waals surface area contributed by atoms with Gasteiger partial charge in [-0.05, 0) is 55.7 Å². The molecule has 2 amide bonds. The average Bonchev–Trinajstić information content (AvgIpc) is 3.76. The van der Waals surface area contributed by atoms with Crippen LogP contribution in [0.2, 0.25) is 0 Å². The molecule has 7 rings (SSSR count). The van der Waals surface area contributed by atoms with Gasteiger partial charge in [0.1, 0.15) is 11.6 Å². The van der Waals surface area contributed by atoms with Crippen LogP contribution in [-0.2, 0) is 13.0 Å². The maximum Gasteiger partial charge on any atom is 0.326 e. The molecule has 1 saturated heterocycles. The van der Waals surface area contributed by atoms with Gasteiger partial charge in [0, 0.05) is 61.5 Å². The van der Waals surface area contributed by atoms with Gasteiger partial charge in [0.05, 0.1) is 12.8 Å². The predicted molar refractivity (Wildman–Crippen MR) is 150 cm³/mol. The number of aromatic nitrogens is 3. The van der Waals surface area contributed by atoms with E-state index in [1.54, 1.807) is 12.0 Å². The number of anilines is 3. The highest BCUT2D eigenvalue weighted by atomic mass is 16.7. The van der Waals surface area contributed by atoms with Gasteiger partial charge < -0.3 is 24.0 Å². The van der Waals surface area contributed by atoms with E-state index in [4.69, 9.17) is 24.3 Å². The molecule has 5 heterocycles. The standard InChI is InChI=1S/C30H30N6O4/c1-19-14-26-27(40-18-39-26)16-24(19)34-10-8-23-25(15-20(2)31-29(23)34)36-11-9-28(32-36)35-13-12-33(30(35)37)17-21-4-6-22(38-3)7-5-21/h4-7,9,11,14-16H,8,10,12-13,17-18H2,1-3H3. The third-order valence-corrected chi connectivity index (χ3v) is 7.76. The van der Waals surface area contributed by atoms with Crippen molar-refractivity contribution in [3.63, 3.8) is 0 Å². The van der Waals surface area contributed by atoms with Gasteiger partial charge in [-0.2, -0.15) is 0 Å². The molecular formula is C30H30N6O4. The van der Waals surface area contributed by atoms with E-state index in [9.17, 15) is 4.79 Å². The van der Waals surface area contributed by atoms with Gasteiger partial charge in [0.15, 0.2) is 17.3 Å². The molecule has 2 aromatic heterocycles. The van der Waals surface area contributed by atoms with Crippen molar-refractivity contribution in [2.24, 2.45) is 0 Å². The van der Waals surface area contributed by atoms with Crippen LogP contribution in [0.4, 0.5) is 22.1 Å². The Labute approximate surface area is 232 Å². The molecular weight excluding hydrogens is 508 g/mol. The van der Waals surface area contributed by atoms with E-state index in [0.29, 0.717) is 25.5 Å². The minimum atomic E-state index is -0.0401. The third kappa shape index (κ3) is 4.07. The molecule has 0 bridgehead atoms. The van der Waals surface area contributed by atoms with Crippen LogP contribution in [0.3, 0.4) is 0 Å². The average molecular weight is 539 g/mol. The highest BCUT2D eigenvalue weighted by Crippen LogP contribution is 2.43. The summed E-state index contributed by atoms with van der Waals surface area (Å²) in [6.45, 7) is 6.91. The number of urea groups is 1. The van der Waals surface area contributed by atoms with E-state index >= 15 is 0 Å². The molecule has 40 heavy (non-hydrogen) atoms. The molecule has 0 N–H and O–H groups in total. The summed E-state index contributed by atoms with van der Waals surface area (Å²) in [7, 11) is 1.65. The van der Waals surface area contributed by atoms with Gasteiger partial charge in [-0.15, -0.1) is 5.10 Å². The van der Waals surface area contributed by atoms with Crippen molar-refractivity contribution in [2.45, 2.75) is 26.8 Å². The molecule has 0 spiro atoms. The number of pyridine rings is 1. The molecule has 0 aliphatic carbocycles. The number of rotatable bonds is 6. The van der Waals surface area contributed by atoms with Crippen LogP contribution in [0.5, 0.6) is 17.2 Å². The van der Waals surface area contributed by atoms with Gasteiger partial charge >= 0.3 is 6.03 Å². The number of ether oxygens (including phenoxy) is 3. The molecule has 1 fully saturated rings. The Balaban J connectivity index is 1.14.